The molecule has 1 amide bonds. The van der Waals surface area contributed by atoms with Crippen LogP contribution in [0.3, 0.4) is 0 Å². The Kier molecular flexibility index (Phi) is 6.01. The largest absolute Gasteiger partial charge is 0.492 e. The van der Waals surface area contributed by atoms with Crippen molar-refractivity contribution in [3.8, 4) is 5.75 Å². The Bertz CT molecular complexity index is 876. The number of sulfonamides is 1. The van der Waals surface area contributed by atoms with E-state index in [1.807, 2.05) is 18.4 Å². The number of hydrogen-bond donors (Lipinski definition) is 0. The number of hydrogen-bond acceptors (Lipinski definition) is 5. The molecule has 2 aromatic rings. The Labute approximate surface area is 165 Å². The molecule has 0 bridgehead atoms. The van der Waals surface area contributed by atoms with Crippen molar-refractivity contribution in [2.75, 3.05) is 32.8 Å². The van der Waals surface area contributed by atoms with Crippen LogP contribution in [0.5, 0.6) is 5.75 Å². The molecule has 1 aromatic heterocycles. The summed E-state index contributed by atoms with van der Waals surface area (Å²) in [6.07, 6.45) is 0. The van der Waals surface area contributed by atoms with E-state index in [2.05, 4.69) is 15.9 Å². The highest BCUT2D eigenvalue weighted by Gasteiger charge is 2.32. The summed E-state index contributed by atoms with van der Waals surface area (Å²) < 4.78 is 33.7. The Morgan fingerprint density at radius 2 is 1.96 bits per heavy atom. The smallest absolute Gasteiger partial charge is 0.264 e. The van der Waals surface area contributed by atoms with Gasteiger partial charge in [0.15, 0.2) is 0 Å². The van der Waals surface area contributed by atoms with Gasteiger partial charge in [0.05, 0.1) is 11.5 Å². The van der Waals surface area contributed by atoms with Gasteiger partial charge in [-0.2, -0.15) is 4.31 Å². The highest BCUT2D eigenvalue weighted by molar-refractivity contribution is 9.10. The van der Waals surface area contributed by atoms with E-state index in [1.54, 1.807) is 29.2 Å². The maximum absolute atomic E-state index is 13.1. The van der Waals surface area contributed by atoms with Gasteiger partial charge in [0.2, 0.25) is 10.0 Å². The number of carbonyl (C=O) groups is 1. The topological polar surface area (TPSA) is 66.9 Å². The molecule has 6 nitrogen and oxygen atoms in total. The lowest BCUT2D eigenvalue weighted by molar-refractivity contribution is 0.0702. The Morgan fingerprint density at radius 1 is 1.23 bits per heavy atom. The zero-order valence-electron chi connectivity index (χ0n) is 14.2. The summed E-state index contributed by atoms with van der Waals surface area (Å²) in [5.74, 6) is 0.294. The van der Waals surface area contributed by atoms with E-state index in [4.69, 9.17) is 4.74 Å². The SMILES string of the molecule is CCOc1ccc(Br)cc1S(=O)(=O)N1CCN(C(=O)c2cccs2)CC1. The van der Waals surface area contributed by atoms with Crippen molar-refractivity contribution < 1.29 is 17.9 Å². The van der Waals surface area contributed by atoms with Crippen molar-refractivity contribution in [1.29, 1.82) is 0 Å². The van der Waals surface area contributed by atoms with Crippen LogP contribution in [0, 0.1) is 0 Å². The second kappa shape index (κ2) is 8.08. The molecule has 3 rings (SSSR count). The van der Waals surface area contributed by atoms with Gasteiger partial charge >= 0.3 is 0 Å². The minimum Gasteiger partial charge on any atom is -0.492 e. The normalized spacial score (nSPS) is 15.8. The molecule has 9 heteroatoms. The highest BCUT2D eigenvalue weighted by atomic mass is 79.9. The van der Waals surface area contributed by atoms with Crippen molar-refractivity contribution in [2.45, 2.75) is 11.8 Å². The molecule has 0 atom stereocenters. The molecule has 1 aliphatic heterocycles. The number of piperazine rings is 1. The van der Waals surface area contributed by atoms with Crippen molar-refractivity contribution in [3.63, 3.8) is 0 Å². The van der Waals surface area contributed by atoms with E-state index in [9.17, 15) is 13.2 Å². The van der Waals surface area contributed by atoms with Crippen LogP contribution in [0.2, 0.25) is 0 Å². The van der Waals surface area contributed by atoms with Crippen molar-refractivity contribution in [2.24, 2.45) is 0 Å². The van der Waals surface area contributed by atoms with E-state index < -0.39 is 10.0 Å². The number of carbonyl (C=O) groups excluding carboxylic acids is 1. The third kappa shape index (κ3) is 3.95. The minimum atomic E-state index is -3.70. The third-order valence-electron chi connectivity index (χ3n) is 4.08. The summed E-state index contributed by atoms with van der Waals surface area (Å²) >= 11 is 4.72. The molecule has 0 N–H and O–H groups in total. The lowest BCUT2D eigenvalue weighted by Gasteiger charge is -2.34. The second-order valence-electron chi connectivity index (χ2n) is 5.70. The molecule has 0 radical (unpaired) electrons. The first-order chi connectivity index (χ1) is 12.4. The fraction of sp³-hybridized carbons (Fsp3) is 0.353. The van der Waals surface area contributed by atoms with Gasteiger partial charge in [0.25, 0.3) is 5.91 Å². The third-order valence-corrected chi connectivity index (χ3v) is 7.35. The van der Waals surface area contributed by atoms with E-state index in [0.717, 1.165) is 0 Å². The second-order valence-corrected chi connectivity index (χ2v) is 9.47. The molecular weight excluding hydrogens is 440 g/mol. The molecular formula is C17H19BrN2O4S2. The summed E-state index contributed by atoms with van der Waals surface area (Å²) in [6.45, 7) is 3.46. The molecule has 1 aliphatic rings. The predicted molar refractivity (Wildman–Crippen MR) is 104 cm³/mol. The summed E-state index contributed by atoms with van der Waals surface area (Å²) in [4.78, 5) is 14.9. The van der Waals surface area contributed by atoms with Gasteiger partial charge in [-0.25, -0.2) is 8.42 Å². The molecule has 1 fully saturated rings. The lowest BCUT2D eigenvalue weighted by Crippen LogP contribution is -2.50. The molecule has 0 unspecified atom stereocenters. The average Bonchev–Trinajstić information content (AvgIpc) is 3.17. The average molecular weight is 459 g/mol. The van der Waals surface area contributed by atoms with Crippen LogP contribution in [-0.4, -0.2) is 56.3 Å². The first kappa shape index (κ1) is 19.3. The van der Waals surface area contributed by atoms with Gasteiger partial charge in [0.1, 0.15) is 10.6 Å². The van der Waals surface area contributed by atoms with Gasteiger partial charge in [-0.05, 0) is 36.6 Å². The van der Waals surface area contributed by atoms with Crippen molar-refractivity contribution in [3.05, 3.63) is 45.1 Å². The lowest BCUT2D eigenvalue weighted by atomic mass is 10.3. The summed E-state index contributed by atoms with van der Waals surface area (Å²) in [7, 11) is -3.70. The quantitative estimate of drug-likeness (QED) is 0.690. The maximum Gasteiger partial charge on any atom is 0.264 e. The summed E-state index contributed by atoms with van der Waals surface area (Å²) in [5, 5.41) is 1.86. The van der Waals surface area contributed by atoms with Crippen LogP contribution >= 0.6 is 27.3 Å². The van der Waals surface area contributed by atoms with Crippen molar-refractivity contribution >= 4 is 43.2 Å². The van der Waals surface area contributed by atoms with Crippen LogP contribution in [-0.2, 0) is 10.0 Å². The van der Waals surface area contributed by atoms with Crippen LogP contribution in [0.4, 0.5) is 0 Å². The standard InChI is InChI=1S/C17H19BrN2O4S2/c1-2-24-14-6-5-13(18)12-16(14)26(22,23)20-9-7-19(8-10-20)17(21)15-4-3-11-25-15/h3-6,11-12H,2,7-10H2,1H3. The Hall–Kier alpha value is -1.42. The van der Waals surface area contributed by atoms with Crippen LogP contribution in [0.15, 0.2) is 45.1 Å². The maximum atomic E-state index is 13.1. The van der Waals surface area contributed by atoms with Crippen LogP contribution < -0.4 is 4.74 Å². The molecule has 0 spiro atoms. The summed E-state index contributed by atoms with van der Waals surface area (Å²) in [6, 6.07) is 8.58. The molecule has 1 saturated heterocycles. The van der Waals surface area contributed by atoms with E-state index >= 15 is 0 Å². The molecule has 2 heterocycles. The fourth-order valence-electron chi connectivity index (χ4n) is 2.78. The number of benzene rings is 1. The van der Waals surface area contributed by atoms with Crippen molar-refractivity contribution in [1.82, 2.24) is 9.21 Å². The first-order valence-electron chi connectivity index (χ1n) is 8.18. The summed E-state index contributed by atoms with van der Waals surface area (Å²) in [5.41, 5.74) is 0. The predicted octanol–water partition coefficient (Wildman–Crippen LogP) is 3.06. The number of halogens is 1. The Balaban J connectivity index is 1.76. The van der Waals surface area contributed by atoms with E-state index in [0.29, 0.717) is 34.8 Å². The fourth-order valence-corrected chi connectivity index (χ4v) is 5.57. The molecule has 0 aliphatic carbocycles. The number of ether oxygens (including phenoxy) is 1. The molecule has 140 valence electrons. The van der Waals surface area contributed by atoms with Crippen LogP contribution in [0.1, 0.15) is 16.6 Å². The van der Waals surface area contributed by atoms with E-state index in [1.165, 1.54) is 15.6 Å². The van der Waals surface area contributed by atoms with Gasteiger partial charge in [-0.3, -0.25) is 4.79 Å². The highest BCUT2D eigenvalue weighted by Crippen LogP contribution is 2.30. The Morgan fingerprint density at radius 3 is 2.58 bits per heavy atom. The minimum absolute atomic E-state index is 0.0468. The zero-order chi connectivity index (χ0) is 18.7. The number of thiophene rings is 1. The van der Waals surface area contributed by atoms with E-state index in [-0.39, 0.29) is 23.9 Å². The number of nitrogens with zero attached hydrogens (tertiary/aromatic N) is 2. The van der Waals surface area contributed by atoms with Gasteiger partial charge < -0.3 is 9.64 Å². The first-order valence-corrected chi connectivity index (χ1v) is 11.3. The number of amides is 1. The monoisotopic (exact) mass is 458 g/mol. The molecule has 0 saturated carbocycles. The zero-order valence-corrected chi connectivity index (χ0v) is 17.4. The van der Waals surface area contributed by atoms with Gasteiger partial charge in [-0.15, -0.1) is 11.3 Å². The molecule has 26 heavy (non-hydrogen) atoms. The van der Waals surface area contributed by atoms with Crippen LogP contribution in [0.25, 0.3) is 0 Å². The number of rotatable bonds is 5. The molecule has 1 aromatic carbocycles. The van der Waals surface area contributed by atoms with Gasteiger partial charge in [0, 0.05) is 30.7 Å². The van der Waals surface area contributed by atoms with Gasteiger partial charge in [-0.1, -0.05) is 22.0 Å².